The van der Waals surface area contributed by atoms with Gasteiger partial charge in [-0.3, -0.25) is 9.59 Å². The number of hydrogen-bond acceptors (Lipinski definition) is 6. The van der Waals surface area contributed by atoms with E-state index in [4.69, 9.17) is 14.2 Å². The summed E-state index contributed by atoms with van der Waals surface area (Å²) in [6.45, 7) is 13.0. The molecule has 2 heterocycles. The molecule has 51 heavy (non-hydrogen) atoms. The smallest absolute Gasteiger partial charge is 0.308 e. The van der Waals surface area contributed by atoms with Crippen molar-refractivity contribution in [3.05, 3.63) is 108 Å². The minimum absolute atomic E-state index is 0.110. The first-order chi connectivity index (χ1) is 24.2. The number of aliphatic hydroxyl groups is 1. The molecule has 0 aliphatic carbocycles. The van der Waals surface area contributed by atoms with Gasteiger partial charge in [0.15, 0.2) is 5.79 Å². The molecule has 0 spiro atoms. The summed E-state index contributed by atoms with van der Waals surface area (Å²) in [6.07, 6.45) is 1.02. The van der Waals surface area contributed by atoms with Crippen LogP contribution in [0.25, 0.3) is 22.3 Å². The van der Waals surface area contributed by atoms with Gasteiger partial charge in [0.25, 0.3) is 5.91 Å². The third kappa shape index (κ3) is 9.52. The molecule has 1 fully saturated rings. The monoisotopic (exact) mass is 698 g/mol. The quantitative estimate of drug-likeness (QED) is 0.118. The average molecular weight is 699 g/mol. The fourth-order valence-electron chi connectivity index (χ4n) is 7.01. The summed E-state index contributed by atoms with van der Waals surface area (Å²) in [5.41, 5.74) is 4.79. The van der Waals surface area contributed by atoms with E-state index in [2.05, 4.69) is 4.57 Å². The van der Waals surface area contributed by atoms with Gasteiger partial charge in [-0.25, -0.2) is 4.39 Å². The van der Waals surface area contributed by atoms with Crippen LogP contribution in [-0.4, -0.2) is 56.8 Å². The molecule has 1 aliphatic heterocycles. The predicted molar refractivity (Wildman–Crippen MR) is 196 cm³/mol. The Morgan fingerprint density at radius 1 is 0.922 bits per heavy atom. The number of amides is 1. The fraction of sp³-hybridized carbons (Fsp3) is 0.429. The van der Waals surface area contributed by atoms with Crippen molar-refractivity contribution in [1.29, 1.82) is 0 Å². The number of ether oxygens (including phenoxy) is 3. The molecule has 0 bridgehead atoms. The zero-order valence-corrected chi connectivity index (χ0v) is 30.8. The zero-order valence-electron chi connectivity index (χ0n) is 30.8. The molecule has 1 amide bonds. The van der Waals surface area contributed by atoms with Gasteiger partial charge >= 0.3 is 5.97 Å². The van der Waals surface area contributed by atoms with Crippen molar-refractivity contribution in [3.8, 4) is 22.3 Å². The van der Waals surface area contributed by atoms with Crippen molar-refractivity contribution >= 4 is 11.9 Å². The maximum Gasteiger partial charge on any atom is 0.308 e. The summed E-state index contributed by atoms with van der Waals surface area (Å²) < 4.78 is 34.6. The molecule has 2 atom stereocenters. The van der Waals surface area contributed by atoms with E-state index in [1.54, 1.807) is 12.1 Å². The second kappa shape index (κ2) is 15.9. The Morgan fingerprint density at radius 3 is 2.10 bits per heavy atom. The van der Waals surface area contributed by atoms with E-state index in [0.717, 1.165) is 33.5 Å². The number of benzene rings is 3. The Morgan fingerprint density at radius 2 is 1.51 bits per heavy atom. The number of nitrogens with zero attached hydrogens (tertiary/aromatic N) is 2. The van der Waals surface area contributed by atoms with E-state index in [1.165, 1.54) is 17.0 Å². The van der Waals surface area contributed by atoms with Gasteiger partial charge in [0, 0.05) is 35.8 Å². The largest absolute Gasteiger partial charge is 0.460 e. The lowest BCUT2D eigenvalue weighted by atomic mass is 9.92. The molecule has 8 nitrogen and oxygen atoms in total. The Balaban J connectivity index is 1.61. The highest BCUT2D eigenvalue weighted by Gasteiger charge is 2.38. The molecule has 1 N–H and O–H groups in total. The van der Waals surface area contributed by atoms with Gasteiger partial charge in [-0.15, -0.1) is 0 Å². The number of halogens is 1. The molecular weight excluding hydrogens is 647 g/mol. The number of carbonyl (C=O) groups excluding carboxylic acids is 2. The SMILES string of the molecule is CC(C)n1c(CCC2CC(CC(=O)OC(C)(C)C)OC(C)(C)O2)c(-c2ccc(F)cc2)c(-c2ccccc2)c1C(=O)N(CO)Cc1ccccc1. The third-order valence-corrected chi connectivity index (χ3v) is 8.84. The number of aromatic nitrogens is 1. The summed E-state index contributed by atoms with van der Waals surface area (Å²) >= 11 is 0. The molecule has 1 saturated heterocycles. The van der Waals surface area contributed by atoms with Gasteiger partial charge in [0.1, 0.15) is 23.8 Å². The summed E-state index contributed by atoms with van der Waals surface area (Å²) in [7, 11) is 0. The Hall–Kier alpha value is -4.31. The fourth-order valence-corrected chi connectivity index (χ4v) is 7.01. The highest BCUT2D eigenvalue weighted by Crippen LogP contribution is 2.43. The average Bonchev–Trinajstić information content (AvgIpc) is 3.41. The molecule has 5 rings (SSSR count). The molecule has 1 aliphatic rings. The Labute approximate surface area is 301 Å². The van der Waals surface area contributed by atoms with Crippen molar-refractivity contribution < 1.29 is 33.3 Å². The highest BCUT2D eigenvalue weighted by molar-refractivity contribution is 6.05. The van der Waals surface area contributed by atoms with Gasteiger partial charge in [-0.05, 0) is 90.1 Å². The number of hydrogen-bond donors (Lipinski definition) is 1. The number of carbonyl (C=O) groups is 2. The van der Waals surface area contributed by atoms with E-state index in [-0.39, 0.29) is 42.8 Å². The summed E-state index contributed by atoms with van der Waals surface area (Å²) in [6, 6.07) is 25.5. The first kappa shape index (κ1) is 37.9. The van der Waals surface area contributed by atoms with Crippen molar-refractivity contribution in [2.24, 2.45) is 0 Å². The highest BCUT2D eigenvalue weighted by atomic mass is 19.1. The van der Waals surface area contributed by atoms with Gasteiger partial charge in [0.2, 0.25) is 0 Å². The maximum atomic E-state index is 14.8. The van der Waals surface area contributed by atoms with Crippen LogP contribution in [0.5, 0.6) is 0 Å². The Bertz CT molecular complexity index is 1780. The first-order valence-electron chi connectivity index (χ1n) is 17.8. The van der Waals surface area contributed by atoms with E-state index in [9.17, 15) is 19.1 Å². The van der Waals surface area contributed by atoms with Crippen molar-refractivity contribution in [3.63, 3.8) is 0 Å². The summed E-state index contributed by atoms with van der Waals surface area (Å²) in [5, 5.41) is 10.6. The van der Waals surface area contributed by atoms with Crippen LogP contribution in [-0.2, 0) is 32.0 Å². The van der Waals surface area contributed by atoms with Crippen molar-refractivity contribution in [1.82, 2.24) is 9.47 Å². The van der Waals surface area contributed by atoms with Crippen LogP contribution in [0.15, 0.2) is 84.9 Å². The van der Waals surface area contributed by atoms with Gasteiger partial charge in [0.05, 0.1) is 18.6 Å². The van der Waals surface area contributed by atoms with E-state index in [0.29, 0.717) is 25.0 Å². The first-order valence-corrected chi connectivity index (χ1v) is 17.8. The van der Waals surface area contributed by atoms with Crippen molar-refractivity contribution in [2.45, 2.75) is 110 Å². The van der Waals surface area contributed by atoms with Crippen LogP contribution in [0.2, 0.25) is 0 Å². The number of aliphatic hydroxyl groups excluding tert-OH is 1. The molecule has 272 valence electrons. The van der Waals surface area contributed by atoms with Gasteiger partial charge in [-0.2, -0.15) is 0 Å². The molecular formula is C42H51FN2O6. The topological polar surface area (TPSA) is 90.2 Å². The lowest BCUT2D eigenvalue weighted by Crippen LogP contribution is -2.45. The molecule has 4 aromatic rings. The lowest BCUT2D eigenvalue weighted by Gasteiger charge is -2.41. The Kier molecular flexibility index (Phi) is 11.8. The van der Waals surface area contributed by atoms with Crippen LogP contribution >= 0.6 is 0 Å². The third-order valence-electron chi connectivity index (χ3n) is 8.84. The normalized spacial score (nSPS) is 17.4. The maximum absolute atomic E-state index is 14.8. The van der Waals surface area contributed by atoms with Crippen LogP contribution < -0.4 is 0 Å². The minimum Gasteiger partial charge on any atom is -0.460 e. The van der Waals surface area contributed by atoms with Gasteiger partial charge in [-0.1, -0.05) is 72.8 Å². The van der Waals surface area contributed by atoms with Crippen LogP contribution in [0.4, 0.5) is 4.39 Å². The minimum atomic E-state index is -0.926. The second-order valence-corrected chi connectivity index (χ2v) is 15.0. The lowest BCUT2D eigenvalue weighted by molar-refractivity contribution is -0.300. The summed E-state index contributed by atoms with van der Waals surface area (Å²) in [5.74, 6) is -1.92. The van der Waals surface area contributed by atoms with E-state index < -0.39 is 24.2 Å². The molecule has 3 aromatic carbocycles. The van der Waals surface area contributed by atoms with Crippen LogP contribution in [0.3, 0.4) is 0 Å². The summed E-state index contributed by atoms with van der Waals surface area (Å²) in [4.78, 5) is 29.0. The molecule has 2 unspecified atom stereocenters. The van der Waals surface area contributed by atoms with Crippen molar-refractivity contribution in [2.75, 3.05) is 6.73 Å². The molecule has 0 saturated carbocycles. The van der Waals surface area contributed by atoms with Crippen LogP contribution in [0.1, 0.15) is 95.5 Å². The van der Waals surface area contributed by atoms with E-state index in [1.807, 2.05) is 109 Å². The van der Waals surface area contributed by atoms with Gasteiger partial charge < -0.3 is 28.8 Å². The number of esters is 1. The standard InChI is InChI=1S/C42H51FN2O6/c1-28(2)45-35(23-22-33-24-34(50-42(6,7)49-33)25-36(47)51-41(3,4)5)37(31-18-20-32(43)21-19-31)38(30-16-12-9-13-17-30)39(45)40(48)44(27-46)26-29-14-10-8-11-15-29/h8-21,28,33-34,46H,22-27H2,1-7H3. The molecule has 9 heteroatoms. The molecule has 1 aromatic heterocycles. The van der Waals surface area contributed by atoms with Crippen LogP contribution in [0, 0.1) is 5.82 Å². The second-order valence-electron chi connectivity index (χ2n) is 15.0. The van der Waals surface area contributed by atoms with E-state index >= 15 is 0 Å². The predicted octanol–water partition coefficient (Wildman–Crippen LogP) is 8.71. The number of rotatable bonds is 12. The molecule has 0 radical (unpaired) electrons. The zero-order chi connectivity index (χ0) is 36.9.